The molecule has 3 heteroatoms. The van der Waals surface area contributed by atoms with Crippen molar-refractivity contribution in [1.29, 1.82) is 0 Å². The van der Waals surface area contributed by atoms with Crippen LogP contribution in [0.15, 0.2) is 18.5 Å². The van der Waals surface area contributed by atoms with E-state index in [1.165, 1.54) is 24.8 Å². The van der Waals surface area contributed by atoms with Gasteiger partial charge in [0, 0.05) is 30.4 Å². The Kier molecular flexibility index (Phi) is 1.74. The largest absolute Gasteiger partial charge is 0.397 e. The van der Waals surface area contributed by atoms with Gasteiger partial charge in [-0.3, -0.25) is 4.98 Å². The molecule has 0 radical (unpaired) electrons. The highest BCUT2D eigenvalue weighted by atomic mass is 15.0. The maximum absolute atomic E-state index is 5.74. The van der Waals surface area contributed by atoms with Gasteiger partial charge >= 0.3 is 0 Å². The standard InChI is InChI=1S/C11H15N3/c12-8-3-7(5-13-6-8)10-4-9-1-2-11(10)14-9/h3,5-6,9-11,14H,1-2,4,12H2/t9-,10+,11+/m0/s1. The second kappa shape index (κ2) is 2.95. The number of nitrogen functional groups attached to an aromatic ring is 1. The molecule has 2 bridgehead atoms. The summed E-state index contributed by atoms with van der Waals surface area (Å²) in [6, 6.07) is 3.48. The van der Waals surface area contributed by atoms with Crippen molar-refractivity contribution < 1.29 is 0 Å². The first-order chi connectivity index (χ1) is 6.83. The number of nitrogens with one attached hydrogen (secondary N) is 1. The summed E-state index contributed by atoms with van der Waals surface area (Å²) in [4.78, 5) is 4.16. The van der Waals surface area contributed by atoms with Crippen molar-refractivity contribution in [3.63, 3.8) is 0 Å². The van der Waals surface area contributed by atoms with E-state index in [1.807, 2.05) is 6.20 Å². The highest BCUT2D eigenvalue weighted by molar-refractivity contribution is 5.39. The summed E-state index contributed by atoms with van der Waals surface area (Å²) in [6.07, 6.45) is 7.59. The molecule has 3 rings (SSSR count). The number of hydrogen-bond acceptors (Lipinski definition) is 3. The molecular formula is C11H15N3. The van der Waals surface area contributed by atoms with Crippen LogP contribution < -0.4 is 11.1 Å². The van der Waals surface area contributed by atoms with Crippen LogP contribution in [-0.4, -0.2) is 17.1 Å². The van der Waals surface area contributed by atoms with Gasteiger partial charge < -0.3 is 11.1 Å². The minimum absolute atomic E-state index is 0.643. The lowest BCUT2D eigenvalue weighted by Crippen LogP contribution is -2.21. The molecule has 3 nitrogen and oxygen atoms in total. The van der Waals surface area contributed by atoms with Crippen molar-refractivity contribution in [2.45, 2.75) is 37.3 Å². The minimum atomic E-state index is 0.643. The highest BCUT2D eigenvalue weighted by Gasteiger charge is 2.39. The van der Waals surface area contributed by atoms with Gasteiger partial charge in [-0.05, 0) is 30.9 Å². The zero-order chi connectivity index (χ0) is 9.54. The number of nitrogens with zero attached hydrogens (tertiary/aromatic N) is 1. The molecule has 1 aromatic rings. The SMILES string of the molecule is Nc1cncc([C@H]2C[C@@H]3CC[C@H]2N3)c1. The quantitative estimate of drug-likeness (QED) is 0.699. The van der Waals surface area contributed by atoms with Crippen molar-refractivity contribution in [2.24, 2.45) is 0 Å². The van der Waals surface area contributed by atoms with Crippen molar-refractivity contribution >= 4 is 5.69 Å². The lowest BCUT2D eigenvalue weighted by atomic mass is 9.84. The molecule has 3 N–H and O–H groups in total. The van der Waals surface area contributed by atoms with E-state index in [1.54, 1.807) is 6.20 Å². The first-order valence-corrected chi connectivity index (χ1v) is 5.29. The zero-order valence-electron chi connectivity index (χ0n) is 8.11. The summed E-state index contributed by atoms with van der Waals surface area (Å²) in [6.45, 7) is 0. The fraction of sp³-hybridized carbons (Fsp3) is 0.545. The summed E-state index contributed by atoms with van der Waals surface area (Å²) in [5, 5.41) is 3.63. The molecule has 2 saturated heterocycles. The van der Waals surface area contributed by atoms with Gasteiger partial charge in [-0.15, -0.1) is 0 Å². The van der Waals surface area contributed by atoms with Crippen LogP contribution in [0.25, 0.3) is 0 Å². The molecule has 2 aliphatic rings. The molecule has 0 amide bonds. The predicted molar refractivity (Wildman–Crippen MR) is 56.0 cm³/mol. The topological polar surface area (TPSA) is 50.9 Å². The molecular weight excluding hydrogens is 174 g/mol. The van der Waals surface area contributed by atoms with Gasteiger partial charge in [0.25, 0.3) is 0 Å². The molecule has 0 spiro atoms. The van der Waals surface area contributed by atoms with Crippen molar-refractivity contribution in [2.75, 3.05) is 5.73 Å². The number of aromatic nitrogens is 1. The molecule has 14 heavy (non-hydrogen) atoms. The third kappa shape index (κ3) is 1.20. The summed E-state index contributed by atoms with van der Waals surface area (Å²) >= 11 is 0. The fourth-order valence-electron chi connectivity index (χ4n) is 2.87. The number of hydrogen-bond donors (Lipinski definition) is 2. The summed E-state index contributed by atoms with van der Waals surface area (Å²) in [7, 11) is 0. The Hall–Kier alpha value is -1.09. The average molecular weight is 189 g/mol. The maximum Gasteiger partial charge on any atom is 0.0503 e. The highest BCUT2D eigenvalue weighted by Crippen LogP contribution is 2.39. The molecule has 74 valence electrons. The lowest BCUT2D eigenvalue weighted by molar-refractivity contribution is 0.505. The van der Waals surface area contributed by atoms with Gasteiger partial charge in [-0.2, -0.15) is 0 Å². The van der Waals surface area contributed by atoms with E-state index >= 15 is 0 Å². The Morgan fingerprint density at radius 2 is 2.29 bits per heavy atom. The molecule has 2 fully saturated rings. The zero-order valence-corrected chi connectivity index (χ0v) is 8.11. The molecule has 1 aromatic heterocycles. The Bertz CT molecular complexity index is 350. The third-order valence-electron chi connectivity index (χ3n) is 3.51. The molecule has 0 saturated carbocycles. The first kappa shape index (κ1) is 8.24. The second-order valence-corrected chi connectivity index (χ2v) is 4.44. The summed E-state index contributed by atoms with van der Waals surface area (Å²) in [5.41, 5.74) is 7.83. The Labute approximate surface area is 83.7 Å². The van der Waals surface area contributed by atoms with E-state index in [4.69, 9.17) is 5.73 Å². The van der Waals surface area contributed by atoms with Crippen LogP contribution in [0.2, 0.25) is 0 Å². The number of pyridine rings is 1. The smallest absolute Gasteiger partial charge is 0.0503 e. The van der Waals surface area contributed by atoms with E-state index in [2.05, 4.69) is 16.4 Å². The van der Waals surface area contributed by atoms with Gasteiger partial charge in [0.2, 0.25) is 0 Å². The van der Waals surface area contributed by atoms with Crippen LogP contribution >= 0.6 is 0 Å². The van der Waals surface area contributed by atoms with Crippen LogP contribution in [0.5, 0.6) is 0 Å². The number of rotatable bonds is 1. The van der Waals surface area contributed by atoms with Crippen LogP contribution in [-0.2, 0) is 0 Å². The molecule has 3 atom stereocenters. The number of nitrogens with two attached hydrogens (primary N) is 1. The van der Waals surface area contributed by atoms with Gasteiger partial charge in [0.05, 0.1) is 5.69 Å². The predicted octanol–water partition coefficient (Wildman–Crippen LogP) is 1.27. The second-order valence-electron chi connectivity index (χ2n) is 4.44. The Morgan fingerprint density at radius 3 is 2.93 bits per heavy atom. The van der Waals surface area contributed by atoms with Crippen LogP contribution in [0, 0.1) is 0 Å². The van der Waals surface area contributed by atoms with E-state index in [0.717, 1.165) is 11.7 Å². The summed E-state index contributed by atoms with van der Waals surface area (Å²) in [5.74, 6) is 0.643. The number of anilines is 1. The average Bonchev–Trinajstić information content (AvgIpc) is 2.78. The van der Waals surface area contributed by atoms with Crippen LogP contribution in [0.4, 0.5) is 5.69 Å². The Balaban J connectivity index is 1.89. The third-order valence-corrected chi connectivity index (χ3v) is 3.51. The molecule has 0 unspecified atom stereocenters. The van der Waals surface area contributed by atoms with Crippen molar-refractivity contribution in [1.82, 2.24) is 10.3 Å². The fourth-order valence-corrected chi connectivity index (χ4v) is 2.87. The van der Waals surface area contributed by atoms with E-state index in [-0.39, 0.29) is 0 Å². The van der Waals surface area contributed by atoms with E-state index < -0.39 is 0 Å². The molecule has 2 aliphatic heterocycles. The monoisotopic (exact) mass is 189 g/mol. The minimum Gasteiger partial charge on any atom is -0.397 e. The van der Waals surface area contributed by atoms with Crippen LogP contribution in [0.3, 0.4) is 0 Å². The normalized spacial score (nSPS) is 35.0. The van der Waals surface area contributed by atoms with Crippen LogP contribution in [0.1, 0.15) is 30.7 Å². The first-order valence-electron chi connectivity index (χ1n) is 5.29. The Morgan fingerprint density at radius 1 is 1.36 bits per heavy atom. The van der Waals surface area contributed by atoms with Gasteiger partial charge in [-0.25, -0.2) is 0 Å². The molecule has 3 heterocycles. The summed E-state index contributed by atoms with van der Waals surface area (Å²) < 4.78 is 0. The van der Waals surface area contributed by atoms with Gasteiger partial charge in [0.1, 0.15) is 0 Å². The number of fused-ring (bicyclic) bond motifs is 2. The van der Waals surface area contributed by atoms with Crippen molar-refractivity contribution in [3.8, 4) is 0 Å². The van der Waals surface area contributed by atoms with Crippen molar-refractivity contribution in [3.05, 3.63) is 24.0 Å². The molecule has 0 aliphatic carbocycles. The van der Waals surface area contributed by atoms with Gasteiger partial charge in [-0.1, -0.05) is 0 Å². The maximum atomic E-state index is 5.74. The van der Waals surface area contributed by atoms with Gasteiger partial charge in [0.15, 0.2) is 0 Å². The molecule has 0 aromatic carbocycles. The van der Waals surface area contributed by atoms with E-state index in [0.29, 0.717) is 12.0 Å². The van der Waals surface area contributed by atoms with E-state index in [9.17, 15) is 0 Å². The lowest BCUT2D eigenvalue weighted by Gasteiger charge is -2.20.